The first-order valence-electron chi connectivity index (χ1n) is 7.25. The molecule has 0 saturated heterocycles. The Bertz CT molecular complexity index is 878. The van der Waals surface area contributed by atoms with Crippen molar-refractivity contribution in [3.63, 3.8) is 0 Å². The van der Waals surface area contributed by atoms with E-state index in [4.69, 9.17) is 0 Å². The number of esters is 1. The number of rotatable bonds is 7. The van der Waals surface area contributed by atoms with E-state index in [0.717, 1.165) is 11.6 Å². The molecule has 1 N–H and O–H groups in total. The Hall–Kier alpha value is -2.94. The van der Waals surface area contributed by atoms with E-state index < -0.39 is 25.5 Å². The highest BCUT2D eigenvalue weighted by atomic mass is 32.2. The number of carbonyl (C=O) groups excluding carboxylic acids is 1. The number of para-hydroxylation sites is 1. The molecule has 0 atom stereocenters. The van der Waals surface area contributed by atoms with Crippen LogP contribution < -0.4 is 4.72 Å². The molecule has 0 unspecified atom stereocenters. The number of methoxy groups -OCH3 is 1. The number of hydrogen-bond donors (Lipinski definition) is 1. The highest BCUT2D eigenvalue weighted by Crippen LogP contribution is 2.25. The molecule has 2 rings (SSSR count). The van der Waals surface area contributed by atoms with E-state index in [1.54, 1.807) is 12.1 Å². The van der Waals surface area contributed by atoms with Crippen LogP contribution >= 0.6 is 0 Å². The zero-order chi connectivity index (χ0) is 18.4. The third kappa shape index (κ3) is 4.77. The van der Waals surface area contributed by atoms with Gasteiger partial charge in [-0.25, -0.2) is 8.42 Å². The molecule has 0 spiro atoms. The van der Waals surface area contributed by atoms with E-state index in [9.17, 15) is 23.3 Å². The Morgan fingerprint density at radius 3 is 2.40 bits per heavy atom. The van der Waals surface area contributed by atoms with E-state index in [-0.39, 0.29) is 18.1 Å². The van der Waals surface area contributed by atoms with Gasteiger partial charge in [-0.15, -0.1) is 0 Å². The summed E-state index contributed by atoms with van der Waals surface area (Å²) < 4.78 is 31.6. The molecule has 0 heterocycles. The lowest BCUT2D eigenvalue weighted by Gasteiger charge is -2.09. The zero-order valence-electron chi connectivity index (χ0n) is 13.3. The fourth-order valence-corrected chi connectivity index (χ4v) is 3.37. The molecule has 0 aliphatic carbocycles. The molecule has 0 radical (unpaired) electrons. The number of sulfonamides is 1. The highest BCUT2D eigenvalue weighted by Gasteiger charge is 2.25. The number of aryl methyl sites for hydroxylation is 1. The van der Waals surface area contributed by atoms with Gasteiger partial charge >= 0.3 is 5.97 Å². The Labute approximate surface area is 144 Å². The summed E-state index contributed by atoms with van der Waals surface area (Å²) >= 11 is 0. The second kappa shape index (κ2) is 7.75. The van der Waals surface area contributed by atoms with Crippen molar-refractivity contribution in [3.8, 4) is 0 Å². The van der Waals surface area contributed by atoms with Gasteiger partial charge in [-0.2, -0.15) is 0 Å². The van der Waals surface area contributed by atoms with Crippen molar-refractivity contribution < 1.29 is 22.9 Å². The van der Waals surface area contributed by atoms with Crippen LogP contribution in [0.3, 0.4) is 0 Å². The Morgan fingerprint density at radius 2 is 1.80 bits per heavy atom. The summed E-state index contributed by atoms with van der Waals surface area (Å²) in [6, 6.07) is 11.5. The second-order valence-electron chi connectivity index (χ2n) is 5.10. The van der Waals surface area contributed by atoms with Crippen LogP contribution in [0.1, 0.15) is 12.0 Å². The lowest BCUT2D eigenvalue weighted by molar-refractivity contribution is -0.387. The molecular weight excluding hydrogens is 348 g/mol. The van der Waals surface area contributed by atoms with Crippen molar-refractivity contribution in [2.45, 2.75) is 17.7 Å². The lowest BCUT2D eigenvalue weighted by Crippen LogP contribution is -2.14. The van der Waals surface area contributed by atoms with E-state index in [1.807, 2.05) is 0 Å². The number of nitrogens with zero attached hydrogens (tertiary/aromatic N) is 1. The van der Waals surface area contributed by atoms with E-state index >= 15 is 0 Å². The van der Waals surface area contributed by atoms with Crippen LogP contribution in [-0.2, 0) is 26.0 Å². The average Bonchev–Trinajstić information content (AvgIpc) is 2.60. The molecule has 25 heavy (non-hydrogen) atoms. The van der Waals surface area contributed by atoms with Crippen molar-refractivity contribution in [2.24, 2.45) is 0 Å². The number of nitrogens with one attached hydrogen (secondary N) is 1. The third-order valence-electron chi connectivity index (χ3n) is 3.40. The molecule has 2 aromatic rings. The van der Waals surface area contributed by atoms with Crippen molar-refractivity contribution >= 4 is 27.4 Å². The van der Waals surface area contributed by atoms with Gasteiger partial charge in [0.2, 0.25) is 0 Å². The van der Waals surface area contributed by atoms with Gasteiger partial charge in [0.05, 0.1) is 12.0 Å². The van der Waals surface area contributed by atoms with Crippen LogP contribution in [0.15, 0.2) is 53.4 Å². The van der Waals surface area contributed by atoms with Crippen LogP contribution in [0.2, 0.25) is 0 Å². The van der Waals surface area contributed by atoms with Gasteiger partial charge in [-0.3, -0.25) is 19.6 Å². The maximum atomic E-state index is 12.4. The van der Waals surface area contributed by atoms with Crippen molar-refractivity contribution in [1.82, 2.24) is 0 Å². The number of hydrogen-bond acceptors (Lipinski definition) is 6. The van der Waals surface area contributed by atoms with Gasteiger partial charge in [-0.1, -0.05) is 24.3 Å². The minimum atomic E-state index is -4.10. The fourth-order valence-electron chi connectivity index (χ4n) is 2.13. The first-order valence-corrected chi connectivity index (χ1v) is 8.74. The molecule has 8 nitrogen and oxygen atoms in total. The maximum Gasteiger partial charge on any atom is 0.305 e. The smallest absolute Gasteiger partial charge is 0.305 e. The monoisotopic (exact) mass is 364 g/mol. The van der Waals surface area contributed by atoms with Crippen LogP contribution in [0, 0.1) is 10.1 Å². The topological polar surface area (TPSA) is 116 Å². The normalized spacial score (nSPS) is 10.9. The predicted molar refractivity (Wildman–Crippen MR) is 90.7 cm³/mol. The summed E-state index contributed by atoms with van der Waals surface area (Å²) in [6.07, 6.45) is 0.682. The lowest BCUT2D eigenvalue weighted by atomic mass is 10.1. The first-order chi connectivity index (χ1) is 11.8. The van der Waals surface area contributed by atoms with E-state index in [2.05, 4.69) is 9.46 Å². The third-order valence-corrected chi connectivity index (χ3v) is 4.83. The summed E-state index contributed by atoms with van der Waals surface area (Å²) in [4.78, 5) is 21.0. The quantitative estimate of drug-likeness (QED) is 0.458. The summed E-state index contributed by atoms with van der Waals surface area (Å²) in [7, 11) is -2.79. The Balaban J connectivity index is 2.16. The van der Waals surface area contributed by atoms with Crippen LogP contribution in [0.5, 0.6) is 0 Å². The number of ether oxygens (including phenoxy) is 1. The summed E-state index contributed by atoms with van der Waals surface area (Å²) in [5.74, 6) is -0.332. The summed E-state index contributed by atoms with van der Waals surface area (Å²) in [6.45, 7) is 0. The van der Waals surface area contributed by atoms with Crippen molar-refractivity contribution in [1.29, 1.82) is 0 Å². The molecule has 132 valence electrons. The summed E-state index contributed by atoms with van der Waals surface area (Å²) in [5.41, 5.74) is 0.601. The van der Waals surface area contributed by atoms with Gasteiger partial charge in [-0.05, 0) is 30.2 Å². The highest BCUT2D eigenvalue weighted by molar-refractivity contribution is 7.92. The zero-order valence-corrected chi connectivity index (χ0v) is 14.2. The number of nitro benzene ring substituents is 1. The molecule has 9 heteroatoms. The van der Waals surface area contributed by atoms with E-state index in [0.29, 0.717) is 6.42 Å². The number of carbonyl (C=O) groups is 1. The molecule has 0 aliphatic rings. The van der Waals surface area contributed by atoms with Crippen LogP contribution in [0.25, 0.3) is 0 Å². The number of anilines is 1. The van der Waals surface area contributed by atoms with Gasteiger partial charge in [0.25, 0.3) is 15.7 Å². The molecule has 0 saturated carbocycles. The molecule has 0 aliphatic heterocycles. The molecule has 0 amide bonds. The number of nitro groups is 1. The SMILES string of the molecule is COC(=O)CCc1ccc(NS(=O)(=O)c2ccccc2[N+](=O)[O-])cc1. The Kier molecular flexibility index (Phi) is 5.71. The number of benzene rings is 2. The van der Waals surface area contributed by atoms with Gasteiger partial charge in [0.15, 0.2) is 4.90 Å². The molecule has 0 bridgehead atoms. The first kappa shape index (κ1) is 18.4. The van der Waals surface area contributed by atoms with Gasteiger partial charge in [0.1, 0.15) is 0 Å². The fraction of sp³-hybridized carbons (Fsp3) is 0.188. The van der Waals surface area contributed by atoms with Gasteiger partial charge in [0, 0.05) is 18.2 Å². The van der Waals surface area contributed by atoms with Gasteiger partial charge < -0.3 is 4.74 Å². The van der Waals surface area contributed by atoms with E-state index in [1.165, 1.54) is 37.4 Å². The minimum Gasteiger partial charge on any atom is -0.469 e. The summed E-state index contributed by atoms with van der Waals surface area (Å²) in [5, 5.41) is 11.0. The molecule has 0 fully saturated rings. The van der Waals surface area contributed by atoms with Crippen molar-refractivity contribution in [2.75, 3.05) is 11.8 Å². The second-order valence-corrected chi connectivity index (χ2v) is 6.75. The van der Waals surface area contributed by atoms with Crippen LogP contribution in [-0.4, -0.2) is 26.4 Å². The van der Waals surface area contributed by atoms with Crippen molar-refractivity contribution in [3.05, 3.63) is 64.2 Å². The Morgan fingerprint density at radius 1 is 1.16 bits per heavy atom. The predicted octanol–water partition coefficient (Wildman–Crippen LogP) is 2.50. The standard InChI is InChI=1S/C16H16N2O6S/c1-24-16(19)11-8-12-6-9-13(10-7-12)17-25(22,23)15-5-3-2-4-14(15)18(20)21/h2-7,9-10,17H,8,11H2,1H3. The average molecular weight is 364 g/mol. The largest absolute Gasteiger partial charge is 0.469 e. The maximum absolute atomic E-state index is 12.4. The molecule has 0 aromatic heterocycles. The van der Waals surface area contributed by atoms with Crippen LogP contribution in [0.4, 0.5) is 11.4 Å². The molecular formula is C16H16N2O6S. The minimum absolute atomic E-state index is 0.220. The molecule has 2 aromatic carbocycles.